The maximum absolute atomic E-state index is 5.81. The molecular formula is C20H26N5OP. The van der Waals surface area contributed by atoms with Crippen LogP contribution in [-0.2, 0) is 6.54 Å². The zero-order valence-corrected chi connectivity index (χ0v) is 17.0. The van der Waals surface area contributed by atoms with Crippen LogP contribution in [0, 0.1) is 6.92 Å². The molecule has 0 amide bonds. The van der Waals surface area contributed by atoms with Gasteiger partial charge in [0.15, 0.2) is 0 Å². The average Bonchev–Trinajstić information content (AvgIpc) is 3.09. The van der Waals surface area contributed by atoms with Crippen LogP contribution in [0.4, 0.5) is 0 Å². The first-order chi connectivity index (χ1) is 13.1. The van der Waals surface area contributed by atoms with Gasteiger partial charge in [-0.3, -0.25) is 4.90 Å². The van der Waals surface area contributed by atoms with Gasteiger partial charge in [-0.15, -0.1) is 0 Å². The van der Waals surface area contributed by atoms with Crippen LogP contribution in [-0.4, -0.2) is 43.4 Å². The van der Waals surface area contributed by atoms with E-state index in [2.05, 4.69) is 53.5 Å². The predicted octanol–water partition coefficient (Wildman–Crippen LogP) is 3.41. The fourth-order valence-corrected chi connectivity index (χ4v) is 4.04. The van der Waals surface area contributed by atoms with Gasteiger partial charge in [-0.1, -0.05) is 21.4 Å². The zero-order valence-electron chi connectivity index (χ0n) is 15.9. The molecule has 0 radical (unpaired) electrons. The number of nitrogens with zero attached hydrogens (tertiary/aromatic N) is 5. The zero-order chi connectivity index (χ0) is 18.8. The number of rotatable bonds is 5. The van der Waals surface area contributed by atoms with Crippen molar-refractivity contribution in [2.24, 2.45) is 0 Å². The summed E-state index contributed by atoms with van der Waals surface area (Å²) in [5.41, 5.74) is 3.50. The molecule has 7 heteroatoms. The summed E-state index contributed by atoms with van der Waals surface area (Å²) in [6.07, 6.45) is 3.94. The lowest BCUT2D eigenvalue weighted by molar-refractivity contribution is 0.197. The number of ether oxygens (including phenoxy) is 1. The maximum Gasteiger partial charge on any atom is 0.252 e. The van der Waals surface area contributed by atoms with Crippen LogP contribution in [0.2, 0.25) is 0 Å². The van der Waals surface area contributed by atoms with Crippen molar-refractivity contribution in [3.63, 3.8) is 0 Å². The molecule has 3 unspecified atom stereocenters. The lowest BCUT2D eigenvalue weighted by atomic mass is 9.93. The number of piperidine rings is 1. The molecule has 1 saturated heterocycles. The van der Waals surface area contributed by atoms with Crippen LogP contribution in [0.25, 0.3) is 5.78 Å². The Kier molecular flexibility index (Phi) is 5.37. The molecule has 2 aromatic heterocycles. The molecule has 1 aliphatic rings. The van der Waals surface area contributed by atoms with E-state index in [9.17, 15) is 0 Å². The van der Waals surface area contributed by atoms with Crippen molar-refractivity contribution in [2.45, 2.75) is 45.0 Å². The van der Waals surface area contributed by atoms with Crippen molar-refractivity contribution in [1.29, 1.82) is 0 Å². The van der Waals surface area contributed by atoms with Crippen molar-refractivity contribution in [2.75, 3.05) is 13.1 Å². The Labute approximate surface area is 162 Å². The van der Waals surface area contributed by atoms with E-state index in [0.717, 1.165) is 31.1 Å². The third kappa shape index (κ3) is 4.28. The minimum absolute atomic E-state index is 0.111. The van der Waals surface area contributed by atoms with Crippen molar-refractivity contribution < 1.29 is 4.74 Å². The van der Waals surface area contributed by atoms with E-state index in [1.54, 1.807) is 6.33 Å². The van der Waals surface area contributed by atoms with E-state index in [1.165, 1.54) is 24.1 Å². The van der Waals surface area contributed by atoms with Gasteiger partial charge in [-0.2, -0.15) is 10.1 Å². The standard InChI is InChI=1S/C20H26N5OP/c1-14-9-19(25-20(23-14)21-13-22-25)17-6-4-8-24(12-17)11-16-5-3-7-18(10-16)26-15(2)27/h3,5,7,9-10,13,15,17H,4,6,8,11-12,27H2,1-2H3. The van der Waals surface area contributed by atoms with Gasteiger partial charge >= 0.3 is 0 Å². The highest BCUT2D eigenvalue weighted by atomic mass is 31.0. The Morgan fingerprint density at radius 2 is 2.22 bits per heavy atom. The second-order valence-electron chi connectivity index (χ2n) is 7.34. The summed E-state index contributed by atoms with van der Waals surface area (Å²) in [5, 5.41) is 4.39. The highest BCUT2D eigenvalue weighted by Crippen LogP contribution is 2.28. The predicted molar refractivity (Wildman–Crippen MR) is 109 cm³/mol. The van der Waals surface area contributed by atoms with Crippen LogP contribution in [0.1, 0.15) is 42.6 Å². The van der Waals surface area contributed by atoms with Crippen LogP contribution < -0.4 is 4.74 Å². The molecule has 6 nitrogen and oxygen atoms in total. The first-order valence-corrected chi connectivity index (χ1v) is 10.2. The number of hydrogen-bond donors (Lipinski definition) is 0. The molecule has 0 N–H and O–H groups in total. The number of benzene rings is 1. The van der Waals surface area contributed by atoms with E-state index in [4.69, 9.17) is 4.74 Å². The summed E-state index contributed by atoms with van der Waals surface area (Å²) in [4.78, 5) is 11.3. The van der Waals surface area contributed by atoms with Crippen molar-refractivity contribution in [1.82, 2.24) is 24.5 Å². The molecule has 1 fully saturated rings. The topological polar surface area (TPSA) is 55.6 Å². The van der Waals surface area contributed by atoms with Crippen LogP contribution in [0.15, 0.2) is 36.7 Å². The molecule has 0 aliphatic carbocycles. The first-order valence-electron chi connectivity index (χ1n) is 9.49. The molecule has 0 saturated carbocycles. The molecule has 1 aliphatic heterocycles. The second-order valence-corrected chi connectivity index (χ2v) is 8.28. The summed E-state index contributed by atoms with van der Waals surface area (Å²) in [7, 11) is 2.67. The summed E-state index contributed by atoms with van der Waals surface area (Å²) >= 11 is 0. The van der Waals surface area contributed by atoms with Crippen molar-refractivity contribution in [3.8, 4) is 5.75 Å². The van der Waals surface area contributed by atoms with E-state index in [1.807, 2.05) is 24.4 Å². The van der Waals surface area contributed by atoms with Crippen LogP contribution in [0.3, 0.4) is 0 Å². The number of aryl methyl sites for hydroxylation is 1. The largest absolute Gasteiger partial charge is 0.487 e. The highest BCUT2D eigenvalue weighted by Gasteiger charge is 2.24. The fourth-order valence-electron chi connectivity index (χ4n) is 3.88. The molecule has 4 rings (SSSR count). The van der Waals surface area contributed by atoms with Gasteiger partial charge in [0.25, 0.3) is 5.78 Å². The molecular weight excluding hydrogens is 357 g/mol. The van der Waals surface area contributed by atoms with Crippen molar-refractivity contribution >= 4 is 15.0 Å². The Morgan fingerprint density at radius 3 is 3.07 bits per heavy atom. The van der Waals surface area contributed by atoms with E-state index >= 15 is 0 Å². The van der Waals surface area contributed by atoms with Gasteiger partial charge in [-0.25, -0.2) is 9.50 Å². The Balaban J connectivity index is 1.51. The highest BCUT2D eigenvalue weighted by molar-refractivity contribution is 7.17. The molecule has 142 valence electrons. The summed E-state index contributed by atoms with van der Waals surface area (Å²) in [5.74, 6) is 2.17. The Hall–Kier alpha value is -2.04. The van der Waals surface area contributed by atoms with Gasteiger partial charge in [0.2, 0.25) is 0 Å². The number of aromatic nitrogens is 4. The Bertz CT molecular complexity index is 926. The van der Waals surface area contributed by atoms with Gasteiger partial charge in [0.05, 0.1) is 5.69 Å². The number of fused-ring (bicyclic) bond motifs is 1. The van der Waals surface area contributed by atoms with Crippen molar-refractivity contribution in [3.05, 3.63) is 53.6 Å². The molecule has 0 bridgehead atoms. The van der Waals surface area contributed by atoms with E-state index < -0.39 is 0 Å². The lowest BCUT2D eigenvalue weighted by Gasteiger charge is -2.33. The molecule has 0 spiro atoms. The summed E-state index contributed by atoms with van der Waals surface area (Å²) in [6, 6.07) is 10.6. The van der Waals surface area contributed by atoms with Gasteiger partial charge in [-0.05, 0) is 57.0 Å². The molecule has 3 heterocycles. The minimum atomic E-state index is 0.111. The summed E-state index contributed by atoms with van der Waals surface area (Å²) < 4.78 is 7.70. The van der Waals surface area contributed by atoms with Crippen LogP contribution in [0.5, 0.6) is 5.75 Å². The third-order valence-corrected chi connectivity index (χ3v) is 5.09. The Morgan fingerprint density at radius 1 is 1.33 bits per heavy atom. The lowest BCUT2D eigenvalue weighted by Crippen LogP contribution is -2.34. The minimum Gasteiger partial charge on any atom is -0.487 e. The molecule has 3 atom stereocenters. The monoisotopic (exact) mass is 383 g/mol. The molecule has 3 aromatic rings. The number of likely N-dealkylation sites (tertiary alicyclic amines) is 1. The first kappa shape index (κ1) is 18.3. The van der Waals surface area contributed by atoms with Gasteiger partial charge < -0.3 is 4.74 Å². The van der Waals surface area contributed by atoms with Gasteiger partial charge in [0.1, 0.15) is 17.9 Å². The SMILES string of the molecule is Cc1cc(C2CCCN(Cc3cccc(OC(C)P)c3)C2)n2ncnc2n1. The smallest absolute Gasteiger partial charge is 0.252 e. The molecule has 1 aromatic carbocycles. The van der Waals surface area contributed by atoms with Gasteiger partial charge in [0, 0.05) is 24.7 Å². The fraction of sp³-hybridized carbons (Fsp3) is 0.450. The van der Waals surface area contributed by atoms with E-state index in [0.29, 0.717) is 11.7 Å². The average molecular weight is 383 g/mol. The number of hydrogen-bond acceptors (Lipinski definition) is 5. The summed E-state index contributed by atoms with van der Waals surface area (Å²) in [6.45, 7) is 7.12. The third-order valence-electron chi connectivity index (χ3n) is 4.96. The maximum atomic E-state index is 5.81. The molecule has 27 heavy (non-hydrogen) atoms. The normalized spacial score (nSPS) is 19.3. The second kappa shape index (κ2) is 7.91. The van der Waals surface area contributed by atoms with Crippen LogP contribution >= 0.6 is 9.24 Å². The quantitative estimate of drug-likeness (QED) is 0.632. The van der Waals surface area contributed by atoms with E-state index in [-0.39, 0.29) is 5.85 Å².